The molecule has 0 aliphatic carbocycles. The highest BCUT2D eigenvalue weighted by atomic mass is 16.6. The van der Waals surface area contributed by atoms with Crippen LogP contribution < -0.4 is 0 Å². The summed E-state index contributed by atoms with van der Waals surface area (Å²) in [5, 5.41) is 0. The molecule has 0 N–H and O–H groups in total. The summed E-state index contributed by atoms with van der Waals surface area (Å²) < 4.78 is 5.40. The fourth-order valence-corrected chi connectivity index (χ4v) is 3.17. The van der Waals surface area contributed by atoms with Crippen molar-refractivity contribution >= 4 is 12.0 Å². The van der Waals surface area contributed by atoms with Crippen LogP contribution in [0.25, 0.3) is 0 Å². The van der Waals surface area contributed by atoms with Crippen LogP contribution >= 0.6 is 0 Å². The van der Waals surface area contributed by atoms with E-state index in [1.807, 2.05) is 25.7 Å². The lowest BCUT2D eigenvalue weighted by Crippen LogP contribution is -2.43. The summed E-state index contributed by atoms with van der Waals surface area (Å²) in [4.78, 5) is 28.1. The van der Waals surface area contributed by atoms with Crippen molar-refractivity contribution in [3.8, 4) is 0 Å². The maximum Gasteiger partial charge on any atom is 0.410 e. The lowest BCUT2D eigenvalue weighted by Gasteiger charge is -2.34. The second kappa shape index (κ2) is 7.34. The van der Waals surface area contributed by atoms with Gasteiger partial charge in [0, 0.05) is 32.6 Å². The number of hydrogen-bond acceptors (Lipinski definition) is 3. The Morgan fingerprint density at radius 3 is 2.09 bits per heavy atom. The van der Waals surface area contributed by atoms with Crippen LogP contribution in [0.1, 0.15) is 59.3 Å². The fourth-order valence-electron chi connectivity index (χ4n) is 3.17. The van der Waals surface area contributed by atoms with Crippen molar-refractivity contribution < 1.29 is 14.3 Å². The van der Waals surface area contributed by atoms with Crippen molar-refractivity contribution in [1.82, 2.24) is 9.80 Å². The topological polar surface area (TPSA) is 49.9 Å². The number of likely N-dealkylation sites (tertiary alicyclic amines) is 2. The van der Waals surface area contributed by atoms with Gasteiger partial charge in [-0.15, -0.1) is 0 Å². The summed E-state index contributed by atoms with van der Waals surface area (Å²) in [6, 6.07) is 0. The quantitative estimate of drug-likeness (QED) is 0.787. The smallest absolute Gasteiger partial charge is 0.410 e. The molecule has 0 saturated carbocycles. The minimum Gasteiger partial charge on any atom is -0.444 e. The first-order valence-electron chi connectivity index (χ1n) is 8.61. The Morgan fingerprint density at radius 1 is 0.955 bits per heavy atom. The zero-order chi connectivity index (χ0) is 16.2. The van der Waals surface area contributed by atoms with Crippen LogP contribution in [0, 0.1) is 5.92 Å². The van der Waals surface area contributed by atoms with Crippen molar-refractivity contribution in [3.63, 3.8) is 0 Å². The Bertz CT molecular complexity index is 389. The van der Waals surface area contributed by atoms with Gasteiger partial charge >= 0.3 is 6.09 Å². The van der Waals surface area contributed by atoms with Gasteiger partial charge in [0.1, 0.15) is 5.60 Å². The number of hydrogen-bond donors (Lipinski definition) is 0. The Labute approximate surface area is 134 Å². The van der Waals surface area contributed by atoms with Crippen LogP contribution in [-0.4, -0.2) is 53.6 Å². The van der Waals surface area contributed by atoms with Crippen LogP contribution in [0.4, 0.5) is 4.79 Å². The van der Waals surface area contributed by atoms with Crippen molar-refractivity contribution in [2.24, 2.45) is 5.92 Å². The van der Waals surface area contributed by atoms with E-state index >= 15 is 0 Å². The van der Waals surface area contributed by atoms with Gasteiger partial charge in [-0.1, -0.05) is 0 Å². The molecule has 2 saturated heterocycles. The molecule has 0 spiro atoms. The number of piperidine rings is 2. The number of amides is 2. The maximum absolute atomic E-state index is 12.3. The van der Waals surface area contributed by atoms with Crippen molar-refractivity contribution in [3.05, 3.63) is 0 Å². The molecule has 0 radical (unpaired) electrons. The lowest BCUT2D eigenvalue weighted by atomic mass is 9.93. The average molecular weight is 310 g/mol. The SMILES string of the molecule is CC(C)(C)OC(=O)N1CCC(CC(=O)N2CCCCC2)CC1. The molecule has 0 aromatic rings. The van der Waals surface area contributed by atoms with Crippen LogP contribution in [0.5, 0.6) is 0 Å². The van der Waals surface area contributed by atoms with Gasteiger partial charge in [0.15, 0.2) is 0 Å². The van der Waals surface area contributed by atoms with E-state index in [0.717, 1.165) is 38.8 Å². The lowest BCUT2D eigenvalue weighted by molar-refractivity contribution is -0.133. The van der Waals surface area contributed by atoms with E-state index in [1.54, 1.807) is 4.90 Å². The van der Waals surface area contributed by atoms with Gasteiger partial charge in [-0.25, -0.2) is 4.79 Å². The second-order valence-electron chi connectivity index (χ2n) is 7.56. The predicted molar refractivity (Wildman–Crippen MR) is 85.6 cm³/mol. The summed E-state index contributed by atoms with van der Waals surface area (Å²) in [5.74, 6) is 0.712. The van der Waals surface area contributed by atoms with Crippen LogP contribution in [0.3, 0.4) is 0 Å². The Kier molecular flexibility index (Phi) is 5.70. The Hall–Kier alpha value is -1.26. The van der Waals surface area contributed by atoms with Gasteiger partial charge in [-0.2, -0.15) is 0 Å². The van der Waals surface area contributed by atoms with Crippen molar-refractivity contribution in [1.29, 1.82) is 0 Å². The highest BCUT2D eigenvalue weighted by Gasteiger charge is 2.28. The minimum absolute atomic E-state index is 0.228. The van der Waals surface area contributed by atoms with Crippen LogP contribution in [-0.2, 0) is 9.53 Å². The average Bonchev–Trinajstić information content (AvgIpc) is 2.47. The van der Waals surface area contributed by atoms with E-state index in [9.17, 15) is 9.59 Å². The summed E-state index contributed by atoms with van der Waals surface area (Å²) in [6.45, 7) is 8.91. The molecule has 0 bridgehead atoms. The molecule has 5 nitrogen and oxygen atoms in total. The maximum atomic E-state index is 12.3. The van der Waals surface area contributed by atoms with E-state index in [1.165, 1.54) is 6.42 Å². The van der Waals surface area contributed by atoms with Crippen molar-refractivity contribution in [2.75, 3.05) is 26.2 Å². The van der Waals surface area contributed by atoms with Gasteiger partial charge in [0.2, 0.25) is 5.91 Å². The minimum atomic E-state index is -0.446. The first-order chi connectivity index (χ1) is 10.3. The molecule has 2 amide bonds. The standard InChI is InChI=1S/C17H30N2O3/c1-17(2,3)22-16(21)19-11-7-14(8-12-19)13-15(20)18-9-5-4-6-10-18/h14H,4-13H2,1-3H3. The summed E-state index contributed by atoms with van der Waals surface area (Å²) in [6.07, 6.45) is 5.75. The highest BCUT2D eigenvalue weighted by Crippen LogP contribution is 2.23. The number of nitrogens with zero attached hydrogens (tertiary/aromatic N) is 2. The largest absolute Gasteiger partial charge is 0.444 e. The third-order valence-corrected chi connectivity index (χ3v) is 4.44. The van der Waals surface area contributed by atoms with E-state index in [4.69, 9.17) is 4.74 Å². The molecule has 2 aliphatic rings. The van der Waals surface area contributed by atoms with Gasteiger partial charge in [-0.05, 0) is 58.8 Å². The van der Waals surface area contributed by atoms with Crippen molar-refractivity contribution in [2.45, 2.75) is 64.9 Å². The molecule has 2 aliphatic heterocycles. The van der Waals surface area contributed by atoms with Gasteiger partial charge < -0.3 is 14.5 Å². The van der Waals surface area contributed by atoms with Gasteiger partial charge in [0.25, 0.3) is 0 Å². The molecule has 22 heavy (non-hydrogen) atoms. The number of ether oxygens (including phenoxy) is 1. The molecule has 2 rings (SSSR count). The van der Waals surface area contributed by atoms with E-state index in [2.05, 4.69) is 0 Å². The van der Waals surface area contributed by atoms with Gasteiger partial charge in [0.05, 0.1) is 0 Å². The Balaban J connectivity index is 1.72. The van der Waals surface area contributed by atoms with Gasteiger partial charge in [-0.3, -0.25) is 4.79 Å². The number of carbonyl (C=O) groups excluding carboxylic acids is 2. The number of rotatable bonds is 2. The third-order valence-electron chi connectivity index (χ3n) is 4.44. The summed E-state index contributed by atoms with van der Waals surface area (Å²) in [7, 11) is 0. The summed E-state index contributed by atoms with van der Waals surface area (Å²) >= 11 is 0. The normalized spacial score (nSPS) is 20.9. The molecule has 126 valence electrons. The first kappa shape index (κ1) is 17.1. The zero-order valence-corrected chi connectivity index (χ0v) is 14.3. The van der Waals surface area contributed by atoms with E-state index < -0.39 is 5.60 Å². The number of carbonyl (C=O) groups is 2. The Morgan fingerprint density at radius 2 is 1.55 bits per heavy atom. The van der Waals surface area contributed by atoms with Crippen LogP contribution in [0.2, 0.25) is 0 Å². The summed E-state index contributed by atoms with van der Waals surface area (Å²) in [5.41, 5.74) is -0.446. The zero-order valence-electron chi connectivity index (χ0n) is 14.3. The van der Waals surface area contributed by atoms with E-state index in [-0.39, 0.29) is 6.09 Å². The fraction of sp³-hybridized carbons (Fsp3) is 0.882. The predicted octanol–water partition coefficient (Wildman–Crippen LogP) is 3.04. The molecule has 5 heteroatoms. The monoisotopic (exact) mass is 310 g/mol. The molecule has 0 atom stereocenters. The molecule has 2 heterocycles. The first-order valence-corrected chi connectivity index (χ1v) is 8.61. The molecule has 0 aromatic carbocycles. The van der Waals surface area contributed by atoms with E-state index in [0.29, 0.717) is 31.3 Å². The van der Waals surface area contributed by atoms with Crippen LogP contribution in [0.15, 0.2) is 0 Å². The molecular weight excluding hydrogens is 280 g/mol. The molecule has 0 aromatic heterocycles. The molecule has 2 fully saturated rings. The second-order valence-corrected chi connectivity index (χ2v) is 7.56. The molecule has 0 unspecified atom stereocenters. The molecular formula is C17H30N2O3. The third kappa shape index (κ3) is 5.18. The highest BCUT2D eigenvalue weighted by molar-refractivity contribution is 5.76.